The van der Waals surface area contributed by atoms with E-state index in [0.717, 1.165) is 17.8 Å². The van der Waals surface area contributed by atoms with Gasteiger partial charge in [0.25, 0.3) is 0 Å². The monoisotopic (exact) mass is 353 g/mol. The topological polar surface area (TPSA) is 64.7 Å². The highest BCUT2D eigenvalue weighted by atomic mass is 19.1. The number of halogens is 1. The van der Waals surface area contributed by atoms with Gasteiger partial charge >= 0.3 is 0 Å². The minimum Gasteiger partial charge on any atom is -0.320 e. The number of amides is 1. The van der Waals surface area contributed by atoms with Crippen LogP contribution in [0.3, 0.4) is 0 Å². The highest BCUT2D eigenvalue weighted by Gasteiger charge is 2.06. The second-order valence-electron chi connectivity index (χ2n) is 5.84. The maximum atomic E-state index is 13.7. The van der Waals surface area contributed by atoms with E-state index in [1.807, 2.05) is 18.5 Å². The lowest BCUT2D eigenvalue weighted by Crippen LogP contribution is -2.07. The molecule has 0 aliphatic rings. The first-order valence-corrected chi connectivity index (χ1v) is 8.34. The lowest BCUT2D eigenvalue weighted by molar-refractivity contribution is -0.111. The zero-order valence-corrected chi connectivity index (χ0v) is 14.7. The number of anilines is 1. The van der Waals surface area contributed by atoms with Crippen LogP contribution >= 0.6 is 0 Å². The second-order valence-corrected chi connectivity index (χ2v) is 5.84. The Labute approximate surface area is 151 Å². The van der Waals surface area contributed by atoms with Crippen LogP contribution < -0.4 is 5.32 Å². The Kier molecular flexibility index (Phi) is 5.26. The molecule has 2 aromatic heterocycles. The van der Waals surface area contributed by atoms with Gasteiger partial charge in [0.15, 0.2) is 0 Å². The van der Waals surface area contributed by atoms with Gasteiger partial charge in [0.05, 0.1) is 24.6 Å². The van der Waals surface area contributed by atoms with E-state index in [-0.39, 0.29) is 11.7 Å². The molecule has 0 aliphatic carbocycles. The number of carbonyl (C=O) groups excluding carboxylic acids is 1. The molecule has 0 saturated carbocycles. The molecular weight excluding hydrogens is 333 g/mol. The van der Waals surface area contributed by atoms with E-state index in [9.17, 15) is 9.18 Å². The fourth-order valence-electron chi connectivity index (χ4n) is 2.61. The summed E-state index contributed by atoms with van der Waals surface area (Å²) in [5.74, 6) is -0.543. The highest BCUT2D eigenvalue weighted by Crippen LogP contribution is 2.12. The van der Waals surface area contributed by atoms with Crippen molar-refractivity contribution in [1.82, 2.24) is 19.6 Å². The summed E-state index contributed by atoms with van der Waals surface area (Å²) in [6, 6.07) is 6.54. The first kappa shape index (κ1) is 17.6. The Morgan fingerprint density at radius 1 is 1.27 bits per heavy atom. The van der Waals surface area contributed by atoms with Crippen LogP contribution in [0.4, 0.5) is 10.1 Å². The van der Waals surface area contributed by atoms with E-state index in [0.29, 0.717) is 17.8 Å². The summed E-state index contributed by atoms with van der Waals surface area (Å²) in [4.78, 5) is 12.1. The van der Waals surface area contributed by atoms with E-state index in [1.165, 1.54) is 18.3 Å². The Morgan fingerprint density at radius 3 is 2.81 bits per heavy atom. The fraction of sp³-hybridized carbons (Fsp3) is 0.211. The van der Waals surface area contributed by atoms with Crippen LogP contribution in [0.25, 0.3) is 6.08 Å². The van der Waals surface area contributed by atoms with Crippen molar-refractivity contribution in [3.05, 3.63) is 71.6 Å². The van der Waals surface area contributed by atoms with Gasteiger partial charge in [-0.1, -0.05) is 18.2 Å². The average Bonchev–Trinajstić information content (AvgIpc) is 3.21. The van der Waals surface area contributed by atoms with Gasteiger partial charge in [-0.3, -0.25) is 14.2 Å². The highest BCUT2D eigenvalue weighted by molar-refractivity contribution is 6.01. The van der Waals surface area contributed by atoms with Gasteiger partial charge in [-0.15, -0.1) is 0 Å². The van der Waals surface area contributed by atoms with Crippen molar-refractivity contribution in [3.8, 4) is 0 Å². The molecule has 1 aromatic carbocycles. The number of benzene rings is 1. The molecule has 0 fully saturated rings. The number of carbonyl (C=O) groups is 1. The maximum absolute atomic E-state index is 13.7. The molecule has 7 heteroatoms. The summed E-state index contributed by atoms with van der Waals surface area (Å²) in [6.45, 7) is 5.06. The van der Waals surface area contributed by atoms with Crippen LogP contribution in [0.15, 0.2) is 48.9 Å². The Bertz CT molecular complexity index is 941. The van der Waals surface area contributed by atoms with E-state index in [4.69, 9.17) is 0 Å². The Hall–Kier alpha value is -3.22. The van der Waals surface area contributed by atoms with Crippen molar-refractivity contribution >= 4 is 17.7 Å². The van der Waals surface area contributed by atoms with Gasteiger partial charge in [-0.05, 0) is 26.0 Å². The molecule has 134 valence electrons. The van der Waals surface area contributed by atoms with Crippen molar-refractivity contribution < 1.29 is 9.18 Å². The molecule has 0 saturated heterocycles. The Balaban J connectivity index is 1.61. The number of rotatable bonds is 6. The minimum atomic E-state index is -0.278. The molecule has 6 nitrogen and oxygen atoms in total. The van der Waals surface area contributed by atoms with Gasteiger partial charge in [-0.25, -0.2) is 4.39 Å². The fourth-order valence-corrected chi connectivity index (χ4v) is 2.61. The van der Waals surface area contributed by atoms with Gasteiger partial charge in [-0.2, -0.15) is 10.2 Å². The number of nitrogens with zero attached hydrogens (tertiary/aromatic N) is 4. The predicted octanol–water partition coefficient (Wildman–Crippen LogP) is 3.25. The summed E-state index contributed by atoms with van der Waals surface area (Å²) in [7, 11) is 0. The molecular formula is C19H20FN5O. The second kappa shape index (κ2) is 7.77. The first-order chi connectivity index (χ1) is 12.6. The molecule has 3 aromatic rings. The third-order valence-corrected chi connectivity index (χ3v) is 4.05. The largest absolute Gasteiger partial charge is 0.320 e. The third kappa shape index (κ3) is 4.05. The van der Waals surface area contributed by atoms with Gasteiger partial charge in [0, 0.05) is 35.6 Å². The molecule has 1 N–H and O–H groups in total. The summed E-state index contributed by atoms with van der Waals surface area (Å²) >= 11 is 0. The van der Waals surface area contributed by atoms with Crippen LogP contribution in [0.5, 0.6) is 0 Å². The maximum Gasteiger partial charge on any atom is 0.248 e. The number of hydrogen-bond donors (Lipinski definition) is 1. The molecule has 0 bridgehead atoms. The van der Waals surface area contributed by atoms with E-state index >= 15 is 0 Å². The standard InChI is InChI=1S/C19H20FN5O/c1-3-25-14(2)15(10-22-25)8-9-19(26)23-17-11-21-24(13-17)12-16-6-4-5-7-18(16)20/h4-11,13H,3,12H2,1-2H3,(H,23,26)/b9-8+. The smallest absolute Gasteiger partial charge is 0.248 e. The van der Waals surface area contributed by atoms with Gasteiger partial charge in [0.2, 0.25) is 5.91 Å². The van der Waals surface area contributed by atoms with Crippen molar-refractivity contribution in [2.24, 2.45) is 0 Å². The van der Waals surface area contributed by atoms with Crippen molar-refractivity contribution in [3.63, 3.8) is 0 Å². The SMILES string of the molecule is CCn1ncc(/C=C/C(=O)Nc2cnn(Cc3ccccc3F)c2)c1C. The third-order valence-electron chi connectivity index (χ3n) is 4.05. The minimum absolute atomic E-state index is 0.265. The molecule has 2 heterocycles. The first-order valence-electron chi connectivity index (χ1n) is 8.34. The Morgan fingerprint density at radius 2 is 2.08 bits per heavy atom. The van der Waals surface area contributed by atoms with E-state index in [1.54, 1.807) is 41.4 Å². The van der Waals surface area contributed by atoms with Crippen molar-refractivity contribution in [1.29, 1.82) is 0 Å². The van der Waals surface area contributed by atoms with Crippen LogP contribution in [-0.4, -0.2) is 25.5 Å². The number of nitrogens with one attached hydrogen (secondary N) is 1. The lowest BCUT2D eigenvalue weighted by atomic mass is 10.2. The molecule has 0 spiro atoms. The molecule has 26 heavy (non-hydrogen) atoms. The van der Waals surface area contributed by atoms with E-state index in [2.05, 4.69) is 15.5 Å². The normalized spacial score (nSPS) is 11.2. The lowest BCUT2D eigenvalue weighted by Gasteiger charge is -2.02. The molecule has 0 atom stereocenters. The predicted molar refractivity (Wildman–Crippen MR) is 98.0 cm³/mol. The van der Waals surface area contributed by atoms with E-state index < -0.39 is 0 Å². The number of aryl methyl sites for hydroxylation is 1. The molecule has 0 aliphatic heterocycles. The van der Waals surface area contributed by atoms with Crippen LogP contribution in [0.1, 0.15) is 23.7 Å². The van der Waals surface area contributed by atoms with Gasteiger partial charge in [0.1, 0.15) is 5.82 Å². The van der Waals surface area contributed by atoms with Crippen LogP contribution in [0.2, 0.25) is 0 Å². The van der Waals surface area contributed by atoms with Crippen molar-refractivity contribution in [2.45, 2.75) is 26.9 Å². The van der Waals surface area contributed by atoms with Gasteiger partial charge < -0.3 is 5.32 Å². The molecule has 1 amide bonds. The zero-order valence-electron chi connectivity index (χ0n) is 14.7. The summed E-state index contributed by atoms with van der Waals surface area (Å²) in [6.07, 6.45) is 8.12. The number of aromatic nitrogens is 4. The number of hydrogen-bond acceptors (Lipinski definition) is 3. The summed E-state index contributed by atoms with van der Waals surface area (Å²) < 4.78 is 17.1. The molecule has 3 rings (SSSR count). The van der Waals surface area contributed by atoms with Crippen LogP contribution in [0, 0.1) is 12.7 Å². The molecule has 0 unspecified atom stereocenters. The average molecular weight is 353 g/mol. The quantitative estimate of drug-likeness (QED) is 0.692. The molecule has 0 radical (unpaired) electrons. The zero-order chi connectivity index (χ0) is 18.5. The van der Waals surface area contributed by atoms with Crippen LogP contribution in [-0.2, 0) is 17.9 Å². The summed E-state index contributed by atoms with van der Waals surface area (Å²) in [5, 5.41) is 11.1. The van der Waals surface area contributed by atoms with Crippen molar-refractivity contribution in [2.75, 3.05) is 5.32 Å². The summed E-state index contributed by atoms with van der Waals surface area (Å²) in [5.41, 5.74) is 3.00.